The molecule has 2 N–H and O–H groups in total. The van der Waals surface area contributed by atoms with Crippen LogP contribution in [-0.4, -0.2) is 29.9 Å². The van der Waals surface area contributed by atoms with Crippen molar-refractivity contribution in [3.8, 4) is 0 Å². The number of rotatable bonds is 2. The molecule has 0 radical (unpaired) electrons. The van der Waals surface area contributed by atoms with E-state index < -0.39 is 0 Å². The van der Waals surface area contributed by atoms with Gasteiger partial charge in [0.15, 0.2) is 0 Å². The first-order valence-corrected chi connectivity index (χ1v) is 5.13. The zero-order valence-electron chi connectivity index (χ0n) is 8.77. The van der Waals surface area contributed by atoms with Crippen LogP contribution in [-0.2, 0) is 4.79 Å². The molecule has 1 amide bonds. The quantitative estimate of drug-likeness (QED) is 0.756. The van der Waals surface area contributed by atoms with Gasteiger partial charge in [0.05, 0.1) is 0 Å². The highest BCUT2D eigenvalue weighted by Gasteiger charge is 2.25. The van der Waals surface area contributed by atoms with Crippen LogP contribution in [0.25, 0.3) is 6.08 Å². The lowest BCUT2D eigenvalue weighted by molar-refractivity contribution is -0.130. The fourth-order valence-corrected chi connectivity index (χ4v) is 1.54. The maximum absolute atomic E-state index is 12.6. The van der Waals surface area contributed by atoms with Gasteiger partial charge in [-0.25, -0.2) is 4.39 Å². The van der Waals surface area contributed by atoms with Crippen molar-refractivity contribution in [2.75, 3.05) is 13.1 Å². The van der Waals surface area contributed by atoms with Crippen LogP contribution >= 0.6 is 0 Å². The molecule has 0 aromatic heterocycles. The molecule has 1 aliphatic heterocycles. The molecule has 0 spiro atoms. The second kappa shape index (κ2) is 4.45. The molecule has 0 atom stereocenters. The number of amides is 1. The Bertz CT molecular complexity index is 408. The number of hydrogen-bond donors (Lipinski definition) is 1. The van der Waals surface area contributed by atoms with Gasteiger partial charge < -0.3 is 10.6 Å². The predicted molar refractivity (Wildman–Crippen MR) is 60.0 cm³/mol. The zero-order valence-corrected chi connectivity index (χ0v) is 8.77. The third-order valence-corrected chi connectivity index (χ3v) is 2.51. The Labute approximate surface area is 93.4 Å². The van der Waals surface area contributed by atoms with Gasteiger partial charge in [0.25, 0.3) is 0 Å². The van der Waals surface area contributed by atoms with Gasteiger partial charge in [0.1, 0.15) is 5.82 Å². The van der Waals surface area contributed by atoms with Crippen LogP contribution in [0.3, 0.4) is 0 Å². The molecule has 0 aliphatic carbocycles. The average Bonchev–Trinajstić information content (AvgIpc) is 2.24. The summed E-state index contributed by atoms with van der Waals surface area (Å²) in [4.78, 5) is 13.2. The molecular weight excluding hydrogens is 207 g/mol. The van der Waals surface area contributed by atoms with E-state index in [1.165, 1.54) is 18.2 Å². The van der Waals surface area contributed by atoms with Gasteiger partial charge in [-0.1, -0.05) is 12.1 Å². The summed E-state index contributed by atoms with van der Waals surface area (Å²) in [5.74, 6) is -0.330. The van der Waals surface area contributed by atoms with Crippen LogP contribution < -0.4 is 5.73 Å². The van der Waals surface area contributed by atoms with Crippen molar-refractivity contribution >= 4 is 12.0 Å². The van der Waals surface area contributed by atoms with Crippen LogP contribution in [0.15, 0.2) is 30.3 Å². The number of carbonyl (C=O) groups excluding carboxylic acids is 1. The molecule has 1 aromatic rings. The Hall–Kier alpha value is -1.68. The lowest BCUT2D eigenvalue weighted by atomic mass is 10.1. The summed E-state index contributed by atoms with van der Waals surface area (Å²) in [7, 11) is 0. The van der Waals surface area contributed by atoms with Crippen molar-refractivity contribution in [3.05, 3.63) is 41.7 Å². The molecule has 1 heterocycles. The van der Waals surface area contributed by atoms with E-state index in [0.717, 1.165) is 5.56 Å². The van der Waals surface area contributed by atoms with Crippen LogP contribution in [0.1, 0.15) is 5.56 Å². The maximum atomic E-state index is 12.6. The van der Waals surface area contributed by atoms with E-state index in [-0.39, 0.29) is 17.8 Å². The summed E-state index contributed by atoms with van der Waals surface area (Å²) in [6, 6.07) is 6.10. The predicted octanol–water partition coefficient (Wildman–Crippen LogP) is 1.01. The van der Waals surface area contributed by atoms with Crippen LogP contribution in [0, 0.1) is 5.82 Å². The normalized spacial score (nSPS) is 16.5. The monoisotopic (exact) mass is 220 g/mol. The topological polar surface area (TPSA) is 46.3 Å². The Morgan fingerprint density at radius 2 is 2.00 bits per heavy atom. The molecule has 1 saturated heterocycles. The highest BCUT2D eigenvalue weighted by molar-refractivity contribution is 5.92. The molecule has 1 aliphatic rings. The lowest BCUT2D eigenvalue weighted by Crippen LogP contribution is -2.57. The minimum Gasteiger partial charge on any atom is -0.336 e. The molecule has 0 unspecified atom stereocenters. The molecule has 3 nitrogen and oxygen atoms in total. The van der Waals surface area contributed by atoms with Gasteiger partial charge in [-0.2, -0.15) is 0 Å². The third kappa shape index (κ3) is 2.46. The molecule has 2 rings (SSSR count). The van der Waals surface area contributed by atoms with Crippen molar-refractivity contribution in [2.45, 2.75) is 6.04 Å². The lowest BCUT2D eigenvalue weighted by Gasteiger charge is -2.36. The summed E-state index contributed by atoms with van der Waals surface area (Å²) >= 11 is 0. The van der Waals surface area contributed by atoms with E-state index in [0.29, 0.717) is 13.1 Å². The second-order valence-corrected chi connectivity index (χ2v) is 3.89. The Morgan fingerprint density at radius 1 is 1.38 bits per heavy atom. The SMILES string of the molecule is NC1CN(C(=O)C=Cc2ccc(F)cc2)C1. The number of halogens is 1. The number of carbonyl (C=O) groups is 1. The van der Waals surface area contributed by atoms with E-state index in [2.05, 4.69) is 0 Å². The maximum Gasteiger partial charge on any atom is 0.246 e. The smallest absolute Gasteiger partial charge is 0.246 e. The van der Waals surface area contributed by atoms with Gasteiger partial charge in [-0.15, -0.1) is 0 Å². The number of benzene rings is 1. The summed E-state index contributed by atoms with van der Waals surface area (Å²) in [6.07, 6.45) is 3.16. The summed E-state index contributed by atoms with van der Waals surface area (Å²) < 4.78 is 12.6. The third-order valence-electron chi connectivity index (χ3n) is 2.51. The molecule has 4 heteroatoms. The Kier molecular flexibility index (Phi) is 3.01. The highest BCUT2D eigenvalue weighted by atomic mass is 19.1. The van der Waals surface area contributed by atoms with Crippen LogP contribution in [0.4, 0.5) is 4.39 Å². The van der Waals surface area contributed by atoms with E-state index in [1.807, 2.05) is 0 Å². The second-order valence-electron chi connectivity index (χ2n) is 3.89. The van der Waals surface area contributed by atoms with E-state index in [1.54, 1.807) is 23.1 Å². The first-order valence-electron chi connectivity index (χ1n) is 5.13. The molecule has 0 bridgehead atoms. The standard InChI is InChI=1S/C12H13FN2O/c13-10-4-1-9(2-5-10)3-6-12(16)15-7-11(14)8-15/h1-6,11H,7-8,14H2. The average molecular weight is 220 g/mol. The minimum atomic E-state index is -0.280. The largest absolute Gasteiger partial charge is 0.336 e. The van der Waals surface area contributed by atoms with E-state index in [4.69, 9.17) is 5.73 Å². The van der Waals surface area contributed by atoms with Gasteiger partial charge in [-0.3, -0.25) is 4.79 Å². The van der Waals surface area contributed by atoms with Crippen LogP contribution in [0.5, 0.6) is 0 Å². The molecule has 0 saturated carbocycles. The first kappa shape index (κ1) is 10.8. The first-order chi connectivity index (χ1) is 7.65. The van der Waals surface area contributed by atoms with E-state index in [9.17, 15) is 9.18 Å². The van der Waals surface area contributed by atoms with Crippen molar-refractivity contribution in [2.24, 2.45) is 5.73 Å². The molecule has 16 heavy (non-hydrogen) atoms. The zero-order chi connectivity index (χ0) is 11.5. The van der Waals surface area contributed by atoms with E-state index >= 15 is 0 Å². The fraction of sp³-hybridized carbons (Fsp3) is 0.250. The van der Waals surface area contributed by atoms with Gasteiger partial charge >= 0.3 is 0 Å². The Balaban J connectivity index is 1.93. The van der Waals surface area contributed by atoms with Crippen molar-refractivity contribution in [3.63, 3.8) is 0 Å². The van der Waals surface area contributed by atoms with Crippen molar-refractivity contribution in [1.82, 2.24) is 4.90 Å². The molecular formula is C12H13FN2O. The van der Waals surface area contributed by atoms with Crippen molar-refractivity contribution < 1.29 is 9.18 Å². The molecule has 84 valence electrons. The number of hydrogen-bond acceptors (Lipinski definition) is 2. The molecule has 1 fully saturated rings. The summed E-state index contributed by atoms with van der Waals surface area (Å²) in [5.41, 5.74) is 6.38. The highest BCUT2D eigenvalue weighted by Crippen LogP contribution is 2.08. The summed E-state index contributed by atoms with van der Waals surface area (Å²) in [6.45, 7) is 1.24. The number of nitrogens with two attached hydrogens (primary N) is 1. The molecule has 1 aromatic carbocycles. The van der Waals surface area contributed by atoms with Gasteiger partial charge in [0, 0.05) is 25.2 Å². The van der Waals surface area contributed by atoms with Crippen LogP contribution in [0.2, 0.25) is 0 Å². The van der Waals surface area contributed by atoms with Gasteiger partial charge in [0.2, 0.25) is 5.91 Å². The van der Waals surface area contributed by atoms with Crippen molar-refractivity contribution in [1.29, 1.82) is 0 Å². The number of likely N-dealkylation sites (tertiary alicyclic amines) is 1. The Morgan fingerprint density at radius 3 is 2.56 bits per heavy atom. The van der Waals surface area contributed by atoms with Gasteiger partial charge in [-0.05, 0) is 23.8 Å². The summed E-state index contributed by atoms with van der Waals surface area (Å²) in [5, 5.41) is 0. The number of nitrogens with zero attached hydrogens (tertiary/aromatic N) is 1. The minimum absolute atomic E-state index is 0.0500. The fourth-order valence-electron chi connectivity index (χ4n) is 1.54.